The number of urea groups is 1. The van der Waals surface area contributed by atoms with Gasteiger partial charge >= 0.3 is 6.03 Å². The lowest BCUT2D eigenvalue weighted by atomic mass is 10.1. The van der Waals surface area contributed by atoms with Gasteiger partial charge in [-0.2, -0.15) is 0 Å². The first-order valence-electron chi connectivity index (χ1n) is 11.2. The van der Waals surface area contributed by atoms with Crippen molar-refractivity contribution in [2.24, 2.45) is 0 Å². The van der Waals surface area contributed by atoms with Gasteiger partial charge in [0.05, 0.1) is 19.9 Å². The van der Waals surface area contributed by atoms with Gasteiger partial charge in [-0.1, -0.05) is 17.7 Å². The summed E-state index contributed by atoms with van der Waals surface area (Å²) in [5, 5.41) is 5.41. The molecule has 5 amide bonds. The molecule has 0 unspecified atom stereocenters. The first-order chi connectivity index (χ1) is 18.3. The minimum absolute atomic E-state index is 0.251. The van der Waals surface area contributed by atoms with Crippen LogP contribution in [-0.2, 0) is 14.4 Å². The highest BCUT2D eigenvalue weighted by atomic mass is 35.5. The third-order valence-electron chi connectivity index (χ3n) is 5.42. The van der Waals surface area contributed by atoms with Gasteiger partial charge in [-0.3, -0.25) is 19.7 Å². The summed E-state index contributed by atoms with van der Waals surface area (Å²) < 4.78 is 16.0. The Bertz CT molecular complexity index is 1420. The van der Waals surface area contributed by atoms with Crippen LogP contribution in [0.3, 0.4) is 0 Å². The molecule has 3 aromatic carbocycles. The van der Waals surface area contributed by atoms with E-state index < -0.39 is 23.8 Å². The predicted octanol–water partition coefficient (Wildman–Crippen LogP) is 4.04. The molecule has 0 spiro atoms. The minimum Gasteiger partial charge on any atom is -0.497 e. The van der Waals surface area contributed by atoms with Crippen LogP contribution in [0.1, 0.15) is 5.56 Å². The lowest BCUT2D eigenvalue weighted by molar-refractivity contribution is -0.122. The predicted molar refractivity (Wildman–Crippen MR) is 141 cm³/mol. The average molecular weight is 536 g/mol. The fourth-order valence-corrected chi connectivity index (χ4v) is 3.68. The standard InChI is InChI=1S/C27H22ClN3O7/c1-36-20-10-8-19(9-11-20)31-26(34)21(25(33)30-27(31)35)13-16-3-12-22(23(14-16)37-2)38-15-24(32)29-18-6-4-17(28)5-7-18/h3-14H,15H2,1-2H3,(H,29,32)(H,30,33,35)/b21-13+. The zero-order valence-electron chi connectivity index (χ0n) is 20.3. The second-order valence-corrected chi connectivity index (χ2v) is 8.35. The molecule has 11 heteroatoms. The first-order valence-corrected chi connectivity index (χ1v) is 11.6. The SMILES string of the molecule is COc1ccc(N2C(=O)NC(=O)/C(=C\c3ccc(OCC(=O)Nc4ccc(Cl)cc4)c(OC)c3)C2=O)cc1. The molecule has 1 aliphatic heterocycles. The van der Waals surface area contributed by atoms with Gasteiger partial charge in [-0.15, -0.1) is 0 Å². The van der Waals surface area contributed by atoms with Crippen LogP contribution in [0.5, 0.6) is 17.2 Å². The van der Waals surface area contributed by atoms with E-state index in [0.717, 1.165) is 4.90 Å². The van der Waals surface area contributed by atoms with E-state index in [1.807, 2.05) is 0 Å². The Hall–Kier alpha value is -4.83. The van der Waals surface area contributed by atoms with E-state index in [4.69, 9.17) is 25.8 Å². The molecule has 1 heterocycles. The number of carbonyl (C=O) groups is 4. The number of rotatable bonds is 8. The van der Waals surface area contributed by atoms with Gasteiger partial charge in [0.25, 0.3) is 17.7 Å². The van der Waals surface area contributed by atoms with E-state index in [9.17, 15) is 19.2 Å². The average Bonchev–Trinajstić information content (AvgIpc) is 2.91. The van der Waals surface area contributed by atoms with Crippen LogP contribution in [-0.4, -0.2) is 44.6 Å². The number of imide groups is 2. The van der Waals surface area contributed by atoms with E-state index in [0.29, 0.717) is 22.0 Å². The summed E-state index contributed by atoms with van der Waals surface area (Å²) in [7, 11) is 2.91. The van der Waals surface area contributed by atoms with Crippen molar-refractivity contribution in [1.29, 1.82) is 0 Å². The highest BCUT2D eigenvalue weighted by molar-refractivity contribution is 6.39. The molecule has 0 radical (unpaired) electrons. The van der Waals surface area contributed by atoms with E-state index in [1.54, 1.807) is 48.5 Å². The number of hydrogen-bond acceptors (Lipinski definition) is 7. The Morgan fingerprint density at radius 3 is 2.32 bits per heavy atom. The number of benzene rings is 3. The van der Waals surface area contributed by atoms with Crippen LogP contribution in [0.15, 0.2) is 72.3 Å². The largest absolute Gasteiger partial charge is 0.497 e. The zero-order valence-corrected chi connectivity index (χ0v) is 21.1. The number of carbonyl (C=O) groups excluding carboxylic acids is 4. The first kappa shape index (κ1) is 26.2. The molecule has 3 aromatic rings. The van der Waals surface area contributed by atoms with Crippen LogP contribution in [0, 0.1) is 0 Å². The molecule has 1 aliphatic rings. The van der Waals surface area contributed by atoms with Gasteiger partial charge in [0.1, 0.15) is 11.3 Å². The summed E-state index contributed by atoms with van der Waals surface area (Å²) in [5.41, 5.74) is 1.01. The zero-order chi connectivity index (χ0) is 27.2. The smallest absolute Gasteiger partial charge is 0.335 e. The quantitative estimate of drug-likeness (QED) is 0.329. The Morgan fingerprint density at radius 2 is 1.66 bits per heavy atom. The van der Waals surface area contributed by atoms with E-state index in [2.05, 4.69) is 10.6 Å². The van der Waals surface area contributed by atoms with Gasteiger partial charge < -0.3 is 19.5 Å². The number of anilines is 2. The number of nitrogens with one attached hydrogen (secondary N) is 2. The number of amides is 5. The highest BCUT2D eigenvalue weighted by Gasteiger charge is 2.36. The van der Waals surface area contributed by atoms with E-state index in [1.165, 1.54) is 38.5 Å². The molecule has 0 atom stereocenters. The lowest BCUT2D eigenvalue weighted by Crippen LogP contribution is -2.54. The van der Waals surface area contributed by atoms with Crippen molar-refractivity contribution in [3.63, 3.8) is 0 Å². The molecule has 1 fully saturated rings. The number of nitrogens with zero attached hydrogens (tertiary/aromatic N) is 1. The van der Waals surface area contributed by atoms with Gasteiger partial charge in [-0.25, -0.2) is 9.69 Å². The topological polar surface area (TPSA) is 123 Å². The maximum Gasteiger partial charge on any atom is 0.335 e. The molecular formula is C27H22ClN3O7. The Balaban J connectivity index is 1.50. The maximum atomic E-state index is 13.1. The van der Waals surface area contributed by atoms with Crippen molar-refractivity contribution in [1.82, 2.24) is 5.32 Å². The molecule has 0 aromatic heterocycles. The molecule has 194 valence electrons. The van der Waals surface area contributed by atoms with Crippen LogP contribution >= 0.6 is 11.6 Å². The van der Waals surface area contributed by atoms with E-state index in [-0.39, 0.29) is 29.4 Å². The second kappa shape index (κ2) is 11.5. The molecule has 0 saturated carbocycles. The van der Waals surface area contributed by atoms with Crippen molar-refractivity contribution in [3.05, 3.63) is 82.9 Å². The number of halogens is 1. The molecule has 0 aliphatic carbocycles. The normalized spacial score (nSPS) is 14.2. The van der Waals surface area contributed by atoms with Crippen molar-refractivity contribution >= 4 is 52.8 Å². The Morgan fingerprint density at radius 1 is 0.947 bits per heavy atom. The van der Waals surface area contributed by atoms with Crippen molar-refractivity contribution in [2.75, 3.05) is 31.0 Å². The van der Waals surface area contributed by atoms with Crippen molar-refractivity contribution in [2.45, 2.75) is 0 Å². The van der Waals surface area contributed by atoms with Crippen molar-refractivity contribution in [3.8, 4) is 17.2 Å². The molecule has 4 rings (SSSR count). The summed E-state index contributed by atoms with van der Waals surface area (Å²) in [6.45, 7) is -0.292. The van der Waals surface area contributed by atoms with Crippen LogP contribution in [0.25, 0.3) is 6.08 Å². The number of ether oxygens (including phenoxy) is 3. The van der Waals surface area contributed by atoms with Crippen molar-refractivity contribution < 1.29 is 33.4 Å². The van der Waals surface area contributed by atoms with Gasteiger partial charge in [0.2, 0.25) is 0 Å². The number of methoxy groups -OCH3 is 2. The third kappa shape index (κ3) is 5.93. The Kier molecular flexibility index (Phi) is 7.93. The second-order valence-electron chi connectivity index (χ2n) is 7.91. The third-order valence-corrected chi connectivity index (χ3v) is 5.67. The molecule has 10 nitrogen and oxygen atoms in total. The van der Waals surface area contributed by atoms with Crippen LogP contribution in [0.4, 0.5) is 16.2 Å². The number of hydrogen-bond donors (Lipinski definition) is 2. The van der Waals surface area contributed by atoms with Gasteiger partial charge in [-0.05, 0) is 72.3 Å². The molecule has 38 heavy (non-hydrogen) atoms. The molecular weight excluding hydrogens is 514 g/mol. The minimum atomic E-state index is -0.861. The van der Waals surface area contributed by atoms with Gasteiger partial charge in [0.15, 0.2) is 18.1 Å². The summed E-state index contributed by atoms with van der Waals surface area (Å²) in [5.74, 6) is -0.929. The lowest BCUT2D eigenvalue weighted by Gasteiger charge is -2.26. The Labute approximate surface area is 222 Å². The fourth-order valence-electron chi connectivity index (χ4n) is 3.56. The number of barbiturate groups is 1. The summed E-state index contributed by atoms with van der Waals surface area (Å²) in [6.07, 6.45) is 1.33. The van der Waals surface area contributed by atoms with Gasteiger partial charge in [0, 0.05) is 10.7 Å². The molecule has 0 bridgehead atoms. The fraction of sp³-hybridized carbons (Fsp3) is 0.111. The summed E-state index contributed by atoms with van der Waals surface area (Å²) in [4.78, 5) is 51.1. The van der Waals surface area contributed by atoms with Crippen LogP contribution < -0.4 is 29.7 Å². The summed E-state index contributed by atoms with van der Waals surface area (Å²) >= 11 is 5.85. The molecule has 2 N–H and O–H groups in total. The highest BCUT2D eigenvalue weighted by Crippen LogP contribution is 2.30. The summed E-state index contributed by atoms with van der Waals surface area (Å²) in [6, 6.07) is 16.7. The van der Waals surface area contributed by atoms with E-state index >= 15 is 0 Å². The van der Waals surface area contributed by atoms with Crippen LogP contribution in [0.2, 0.25) is 5.02 Å². The monoisotopic (exact) mass is 535 g/mol. The molecule has 1 saturated heterocycles. The maximum absolute atomic E-state index is 13.1.